The lowest BCUT2D eigenvalue weighted by atomic mass is 9.75. The minimum atomic E-state index is 0.0736. The first-order valence-electron chi connectivity index (χ1n) is 5.60. The molecule has 0 saturated heterocycles. The molecule has 0 radical (unpaired) electrons. The molecule has 13 heavy (non-hydrogen) atoms. The topological polar surface area (TPSA) is 9.23 Å². The Hall–Kier alpha value is -0.0400. The van der Waals surface area contributed by atoms with Gasteiger partial charge in [0.2, 0.25) is 0 Å². The van der Waals surface area contributed by atoms with Gasteiger partial charge in [-0.1, -0.05) is 40.5 Å². The molecule has 80 valence electrons. The normalized spacial score (nSPS) is 20.8. The molecule has 0 aliphatic heterocycles. The first-order chi connectivity index (χ1) is 6.05. The van der Waals surface area contributed by atoms with E-state index in [0.29, 0.717) is 5.92 Å². The SMILES string of the molecule is CCC(C)C(CC)C(C)(CC)OC. The number of rotatable bonds is 6. The molecule has 0 aromatic rings. The number of hydrogen-bond donors (Lipinski definition) is 0. The fraction of sp³-hybridized carbons (Fsp3) is 1.00. The molecule has 0 fully saturated rings. The van der Waals surface area contributed by atoms with Crippen molar-refractivity contribution in [2.75, 3.05) is 7.11 Å². The Balaban J connectivity index is 4.51. The zero-order valence-electron chi connectivity index (χ0n) is 10.2. The molecular weight excluding hydrogens is 160 g/mol. The standard InChI is InChI=1S/C12H26O/c1-7-10(4)11(8-2)12(5,9-3)13-6/h10-11H,7-9H2,1-6H3. The molecular formula is C12H26O. The fourth-order valence-electron chi connectivity index (χ4n) is 2.28. The van der Waals surface area contributed by atoms with Gasteiger partial charge in [0, 0.05) is 7.11 Å². The average Bonchev–Trinajstić information content (AvgIpc) is 2.18. The van der Waals surface area contributed by atoms with E-state index in [4.69, 9.17) is 4.74 Å². The quantitative estimate of drug-likeness (QED) is 0.612. The molecule has 0 heterocycles. The van der Waals surface area contributed by atoms with Gasteiger partial charge in [0.1, 0.15) is 0 Å². The minimum Gasteiger partial charge on any atom is -0.378 e. The maximum atomic E-state index is 5.66. The van der Waals surface area contributed by atoms with E-state index in [1.807, 2.05) is 7.11 Å². The summed E-state index contributed by atoms with van der Waals surface area (Å²) in [6.45, 7) is 11.3. The monoisotopic (exact) mass is 186 g/mol. The van der Waals surface area contributed by atoms with Crippen LogP contribution in [0.2, 0.25) is 0 Å². The first-order valence-corrected chi connectivity index (χ1v) is 5.60. The van der Waals surface area contributed by atoms with Crippen molar-refractivity contribution in [2.45, 2.75) is 59.5 Å². The van der Waals surface area contributed by atoms with Gasteiger partial charge >= 0.3 is 0 Å². The predicted molar refractivity (Wildman–Crippen MR) is 58.9 cm³/mol. The molecule has 0 aromatic heterocycles. The van der Waals surface area contributed by atoms with E-state index in [1.54, 1.807) is 0 Å². The lowest BCUT2D eigenvalue weighted by molar-refractivity contribution is -0.0657. The molecule has 0 amide bonds. The van der Waals surface area contributed by atoms with Crippen molar-refractivity contribution in [3.05, 3.63) is 0 Å². The van der Waals surface area contributed by atoms with E-state index in [2.05, 4.69) is 34.6 Å². The molecule has 3 unspecified atom stereocenters. The highest BCUT2D eigenvalue weighted by molar-refractivity contribution is 4.84. The van der Waals surface area contributed by atoms with Crippen molar-refractivity contribution < 1.29 is 4.74 Å². The first kappa shape index (κ1) is 13.0. The van der Waals surface area contributed by atoms with Crippen molar-refractivity contribution in [2.24, 2.45) is 11.8 Å². The molecule has 0 aliphatic carbocycles. The zero-order chi connectivity index (χ0) is 10.5. The van der Waals surface area contributed by atoms with E-state index >= 15 is 0 Å². The summed E-state index contributed by atoms with van der Waals surface area (Å²) in [5.74, 6) is 1.45. The second kappa shape index (κ2) is 5.64. The summed E-state index contributed by atoms with van der Waals surface area (Å²) >= 11 is 0. The summed E-state index contributed by atoms with van der Waals surface area (Å²) in [4.78, 5) is 0. The van der Waals surface area contributed by atoms with Crippen molar-refractivity contribution in [1.29, 1.82) is 0 Å². The van der Waals surface area contributed by atoms with Crippen LogP contribution >= 0.6 is 0 Å². The van der Waals surface area contributed by atoms with Crippen LogP contribution in [0.4, 0.5) is 0 Å². The minimum absolute atomic E-state index is 0.0736. The third kappa shape index (κ3) is 2.98. The Morgan fingerprint density at radius 2 is 1.69 bits per heavy atom. The van der Waals surface area contributed by atoms with Gasteiger partial charge in [-0.15, -0.1) is 0 Å². The van der Waals surface area contributed by atoms with Crippen molar-refractivity contribution >= 4 is 0 Å². The Bertz CT molecular complexity index is 127. The van der Waals surface area contributed by atoms with Crippen LogP contribution in [0.5, 0.6) is 0 Å². The third-order valence-electron chi connectivity index (χ3n) is 3.72. The van der Waals surface area contributed by atoms with Gasteiger partial charge in [-0.3, -0.25) is 0 Å². The Morgan fingerprint density at radius 3 is 1.92 bits per heavy atom. The highest BCUT2D eigenvalue weighted by atomic mass is 16.5. The largest absolute Gasteiger partial charge is 0.378 e. The smallest absolute Gasteiger partial charge is 0.0678 e. The van der Waals surface area contributed by atoms with Crippen LogP contribution in [0.15, 0.2) is 0 Å². The summed E-state index contributed by atoms with van der Waals surface area (Å²) < 4.78 is 5.66. The highest BCUT2D eigenvalue weighted by Gasteiger charge is 2.33. The summed E-state index contributed by atoms with van der Waals surface area (Å²) in [6, 6.07) is 0. The van der Waals surface area contributed by atoms with Gasteiger partial charge in [0.15, 0.2) is 0 Å². The van der Waals surface area contributed by atoms with Gasteiger partial charge in [-0.05, 0) is 25.2 Å². The maximum absolute atomic E-state index is 5.66. The maximum Gasteiger partial charge on any atom is 0.0678 e. The Kier molecular flexibility index (Phi) is 5.62. The van der Waals surface area contributed by atoms with E-state index in [0.717, 1.165) is 12.3 Å². The van der Waals surface area contributed by atoms with Crippen LogP contribution in [-0.4, -0.2) is 12.7 Å². The molecule has 0 aromatic carbocycles. The molecule has 0 N–H and O–H groups in total. The highest BCUT2D eigenvalue weighted by Crippen LogP contribution is 2.34. The molecule has 0 saturated carbocycles. The van der Waals surface area contributed by atoms with Gasteiger partial charge in [0.05, 0.1) is 5.60 Å². The second-order valence-electron chi connectivity index (χ2n) is 4.27. The van der Waals surface area contributed by atoms with Crippen LogP contribution in [-0.2, 0) is 4.74 Å². The Labute approximate surface area is 83.9 Å². The Morgan fingerprint density at radius 1 is 1.15 bits per heavy atom. The third-order valence-corrected chi connectivity index (χ3v) is 3.72. The number of hydrogen-bond acceptors (Lipinski definition) is 1. The summed E-state index contributed by atoms with van der Waals surface area (Å²) in [6.07, 6.45) is 3.57. The van der Waals surface area contributed by atoms with Crippen molar-refractivity contribution in [1.82, 2.24) is 0 Å². The molecule has 0 aliphatic rings. The molecule has 3 atom stereocenters. The van der Waals surface area contributed by atoms with Gasteiger partial charge < -0.3 is 4.74 Å². The lowest BCUT2D eigenvalue weighted by Crippen LogP contribution is -2.39. The van der Waals surface area contributed by atoms with Crippen LogP contribution < -0.4 is 0 Å². The zero-order valence-corrected chi connectivity index (χ0v) is 10.2. The molecule has 0 bridgehead atoms. The van der Waals surface area contributed by atoms with E-state index in [1.165, 1.54) is 12.8 Å². The van der Waals surface area contributed by atoms with Gasteiger partial charge in [0.25, 0.3) is 0 Å². The fourth-order valence-corrected chi connectivity index (χ4v) is 2.28. The summed E-state index contributed by atoms with van der Waals surface area (Å²) in [5, 5.41) is 0. The van der Waals surface area contributed by atoms with Crippen molar-refractivity contribution in [3.8, 4) is 0 Å². The summed E-state index contributed by atoms with van der Waals surface area (Å²) in [7, 11) is 1.84. The predicted octanol–water partition coefficient (Wildman–Crippen LogP) is 3.87. The average molecular weight is 186 g/mol. The number of ether oxygens (including phenoxy) is 1. The van der Waals surface area contributed by atoms with Crippen LogP contribution in [0, 0.1) is 11.8 Å². The lowest BCUT2D eigenvalue weighted by Gasteiger charge is -2.38. The molecule has 1 heteroatoms. The molecule has 0 spiro atoms. The van der Waals surface area contributed by atoms with Crippen LogP contribution in [0.3, 0.4) is 0 Å². The van der Waals surface area contributed by atoms with Gasteiger partial charge in [-0.2, -0.15) is 0 Å². The van der Waals surface area contributed by atoms with Crippen LogP contribution in [0.1, 0.15) is 53.9 Å². The number of methoxy groups -OCH3 is 1. The molecule has 0 rings (SSSR count). The second-order valence-corrected chi connectivity index (χ2v) is 4.27. The van der Waals surface area contributed by atoms with E-state index in [9.17, 15) is 0 Å². The van der Waals surface area contributed by atoms with Gasteiger partial charge in [-0.25, -0.2) is 0 Å². The van der Waals surface area contributed by atoms with E-state index in [-0.39, 0.29) is 5.60 Å². The molecule has 1 nitrogen and oxygen atoms in total. The summed E-state index contributed by atoms with van der Waals surface area (Å²) in [5.41, 5.74) is 0.0736. The van der Waals surface area contributed by atoms with E-state index < -0.39 is 0 Å². The van der Waals surface area contributed by atoms with Crippen molar-refractivity contribution in [3.63, 3.8) is 0 Å². The van der Waals surface area contributed by atoms with Crippen LogP contribution in [0.25, 0.3) is 0 Å².